The number of carbonyl (C=O) groups excluding carboxylic acids is 1. The van der Waals surface area contributed by atoms with Crippen LogP contribution in [0.2, 0.25) is 0 Å². The van der Waals surface area contributed by atoms with Crippen molar-refractivity contribution in [3.8, 4) is 5.88 Å². The molecular formula is C24H32FNO4S. The van der Waals surface area contributed by atoms with Gasteiger partial charge in [-0.3, -0.25) is 4.79 Å². The Bertz CT molecular complexity index is 1000. The van der Waals surface area contributed by atoms with Crippen LogP contribution in [0.3, 0.4) is 0 Å². The molecule has 0 fully saturated rings. The fraction of sp³-hybridized carbons (Fsp3) is 0.500. The highest BCUT2D eigenvalue weighted by Gasteiger charge is 2.18. The van der Waals surface area contributed by atoms with Crippen LogP contribution >= 0.6 is 0 Å². The van der Waals surface area contributed by atoms with E-state index >= 15 is 0 Å². The monoisotopic (exact) mass is 449 g/mol. The third-order valence-corrected chi connectivity index (χ3v) is 6.20. The summed E-state index contributed by atoms with van der Waals surface area (Å²) in [6.45, 7) is 6.35. The van der Waals surface area contributed by atoms with Gasteiger partial charge in [-0.05, 0) is 49.4 Å². The molecule has 1 unspecified atom stereocenters. The number of pyridine rings is 1. The van der Waals surface area contributed by atoms with Gasteiger partial charge in [0.15, 0.2) is 0 Å². The van der Waals surface area contributed by atoms with E-state index in [-0.39, 0.29) is 18.0 Å². The number of ketones is 1. The first kappa shape index (κ1) is 25.0. The van der Waals surface area contributed by atoms with Crippen LogP contribution < -0.4 is 4.74 Å². The summed E-state index contributed by atoms with van der Waals surface area (Å²) in [6, 6.07) is 8.46. The Morgan fingerprint density at radius 3 is 2.52 bits per heavy atom. The number of Topliss-reactive ketones (excluding diaryl/α,β-unsaturated/α-hetero) is 1. The second-order valence-electron chi connectivity index (χ2n) is 8.04. The van der Waals surface area contributed by atoms with E-state index in [2.05, 4.69) is 11.9 Å². The first-order chi connectivity index (χ1) is 14.6. The number of aromatic nitrogens is 1. The van der Waals surface area contributed by atoms with E-state index in [1.165, 1.54) is 6.07 Å². The van der Waals surface area contributed by atoms with Gasteiger partial charge in [-0.1, -0.05) is 38.5 Å². The Labute approximate surface area is 185 Å². The fourth-order valence-electron chi connectivity index (χ4n) is 3.18. The zero-order valence-electron chi connectivity index (χ0n) is 18.8. The minimum Gasteiger partial charge on any atom is -0.477 e. The molecule has 0 aliphatic rings. The van der Waals surface area contributed by atoms with Crippen molar-refractivity contribution in [2.24, 2.45) is 0 Å². The normalized spacial score (nSPS) is 12.5. The molecule has 170 valence electrons. The van der Waals surface area contributed by atoms with E-state index in [0.29, 0.717) is 36.5 Å². The van der Waals surface area contributed by atoms with E-state index in [9.17, 15) is 17.6 Å². The second kappa shape index (κ2) is 11.4. The van der Waals surface area contributed by atoms with Gasteiger partial charge in [0.05, 0.1) is 12.4 Å². The van der Waals surface area contributed by atoms with Crippen LogP contribution in [0, 0.1) is 12.7 Å². The Morgan fingerprint density at radius 2 is 1.87 bits per heavy atom. The van der Waals surface area contributed by atoms with Crippen LogP contribution in [0.15, 0.2) is 30.3 Å². The summed E-state index contributed by atoms with van der Waals surface area (Å²) < 4.78 is 42.8. The number of rotatable bonds is 12. The standard InChI is InChI=1S/C24H32FNO4S/c1-5-6-14-30-24-20(8-7-17(2)26-24)11-12-23(27)18(3)21-10-9-19(22(25)16-21)13-15-31(4,28)29/h7-10,16,18H,5-6,11-15H2,1-4H3. The molecule has 0 amide bonds. The Kier molecular flexibility index (Phi) is 9.16. The molecule has 0 bridgehead atoms. The maximum absolute atomic E-state index is 14.4. The highest BCUT2D eigenvalue weighted by atomic mass is 32.2. The van der Waals surface area contributed by atoms with Gasteiger partial charge in [-0.25, -0.2) is 17.8 Å². The van der Waals surface area contributed by atoms with E-state index in [0.717, 1.165) is 30.4 Å². The first-order valence-corrected chi connectivity index (χ1v) is 12.7. The van der Waals surface area contributed by atoms with Gasteiger partial charge >= 0.3 is 0 Å². The number of aryl methyl sites for hydroxylation is 3. The molecule has 0 N–H and O–H groups in total. The second-order valence-corrected chi connectivity index (χ2v) is 10.3. The third kappa shape index (κ3) is 8.05. The molecular weight excluding hydrogens is 417 g/mol. The van der Waals surface area contributed by atoms with Gasteiger partial charge in [-0.15, -0.1) is 0 Å². The van der Waals surface area contributed by atoms with E-state index < -0.39 is 21.6 Å². The summed E-state index contributed by atoms with van der Waals surface area (Å²) in [6.07, 6.45) is 4.02. The van der Waals surface area contributed by atoms with Crippen molar-refractivity contribution in [2.75, 3.05) is 18.6 Å². The molecule has 0 radical (unpaired) electrons. The van der Waals surface area contributed by atoms with Gasteiger partial charge in [0, 0.05) is 29.9 Å². The Morgan fingerprint density at radius 1 is 1.16 bits per heavy atom. The number of sulfone groups is 1. The smallest absolute Gasteiger partial charge is 0.216 e. The molecule has 2 aromatic rings. The van der Waals surface area contributed by atoms with Crippen molar-refractivity contribution in [3.63, 3.8) is 0 Å². The third-order valence-electron chi connectivity index (χ3n) is 5.26. The number of unbranched alkanes of at least 4 members (excludes halogenated alkanes) is 1. The van der Waals surface area contributed by atoms with Crippen LogP contribution in [-0.4, -0.2) is 37.8 Å². The van der Waals surface area contributed by atoms with Gasteiger partial charge in [-0.2, -0.15) is 0 Å². The van der Waals surface area contributed by atoms with Crippen LogP contribution in [0.5, 0.6) is 5.88 Å². The molecule has 0 saturated heterocycles. The average molecular weight is 450 g/mol. The lowest BCUT2D eigenvalue weighted by Crippen LogP contribution is -2.12. The van der Waals surface area contributed by atoms with Gasteiger partial charge in [0.1, 0.15) is 21.4 Å². The van der Waals surface area contributed by atoms with E-state index in [4.69, 9.17) is 4.74 Å². The van der Waals surface area contributed by atoms with Gasteiger partial charge in [0.2, 0.25) is 5.88 Å². The molecule has 2 rings (SSSR count). The van der Waals surface area contributed by atoms with Crippen molar-refractivity contribution in [3.05, 3.63) is 58.5 Å². The van der Waals surface area contributed by atoms with Crippen molar-refractivity contribution < 1.29 is 22.3 Å². The molecule has 7 heteroatoms. The molecule has 0 aliphatic carbocycles. The molecule has 1 atom stereocenters. The molecule has 1 aromatic carbocycles. The quantitative estimate of drug-likeness (QED) is 0.443. The van der Waals surface area contributed by atoms with Crippen LogP contribution in [0.4, 0.5) is 4.39 Å². The minimum atomic E-state index is -3.16. The number of hydrogen-bond donors (Lipinski definition) is 0. The van der Waals surface area contributed by atoms with Crippen LogP contribution in [-0.2, 0) is 27.5 Å². The van der Waals surface area contributed by atoms with E-state index in [1.54, 1.807) is 19.1 Å². The molecule has 0 aliphatic heterocycles. The number of benzene rings is 1. The summed E-state index contributed by atoms with van der Waals surface area (Å²) >= 11 is 0. The number of halogens is 1. The molecule has 31 heavy (non-hydrogen) atoms. The number of ether oxygens (including phenoxy) is 1. The average Bonchev–Trinajstić information content (AvgIpc) is 2.71. The first-order valence-electron chi connectivity index (χ1n) is 10.7. The van der Waals surface area contributed by atoms with Crippen molar-refractivity contribution in [1.29, 1.82) is 0 Å². The molecule has 1 aromatic heterocycles. The van der Waals surface area contributed by atoms with Crippen molar-refractivity contribution >= 4 is 15.6 Å². The number of nitrogens with zero attached hydrogens (tertiary/aromatic N) is 1. The molecule has 0 saturated carbocycles. The summed E-state index contributed by atoms with van der Waals surface area (Å²) in [5, 5.41) is 0. The molecule has 1 heterocycles. The van der Waals surface area contributed by atoms with Gasteiger partial charge in [0.25, 0.3) is 0 Å². The zero-order chi connectivity index (χ0) is 23.0. The number of hydrogen-bond acceptors (Lipinski definition) is 5. The molecule has 0 spiro atoms. The van der Waals surface area contributed by atoms with Crippen LogP contribution in [0.25, 0.3) is 0 Å². The molecule has 5 nitrogen and oxygen atoms in total. The van der Waals surface area contributed by atoms with Crippen LogP contribution in [0.1, 0.15) is 61.4 Å². The maximum Gasteiger partial charge on any atom is 0.216 e. The predicted molar refractivity (Wildman–Crippen MR) is 121 cm³/mol. The van der Waals surface area contributed by atoms with E-state index in [1.807, 2.05) is 19.1 Å². The van der Waals surface area contributed by atoms with Crippen molar-refractivity contribution in [2.45, 2.75) is 58.8 Å². The largest absolute Gasteiger partial charge is 0.477 e. The topological polar surface area (TPSA) is 73.3 Å². The van der Waals surface area contributed by atoms with Crippen molar-refractivity contribution in [1.82, 2.24) is 4.98 Å². The summed E-state index contributed by atoms with van der Waals surface area (Å²) in [5.41, 5.74) is 2.69. The minimum absolute atomic E-state index is 0.00312. The maximum atomic E-state index is 14.4. The summed E-state index contributed by atoms with van der Waals surface area (Å²) in [7, 11) is -3.16. The fourth-order valence-corrected chi connectivity index (χ4v) is 3.77. The Balaban J connectivity index is 2.02. The zero-order valence-corrected chi connectivity index (χ0v) is 19.6. The summed E-state index contributed by atoms with van der Waals surface area (Å²) in [4.78, 5) is 17.2. The number of carbonyl (C=O) groups is 1. The predicted octanol–water partition coefficient (Wildman–Crippen LogP) is 4.60. The SMILES string of the molecule is CCCCOc1nc(C)ccc1CCC(=O)C(C)c1ccc(CCS(C)(=O)=O)c(F)c1. The highest BCUT2D eigenvalue weighted by Crippen LogP contribution is 2.24. The lowest BCUT2D eigenvalue weighted by atomic mass is 9.92. The lowest BCUT2D eigenvalue weighted by molar-refractivity contribution is -0.120. The summed E-state index contributed by atoms with van der Waals surface area (Å²) in [5.74, 6) is -0.458. The highest BCUT2D eigenvalue weighted by molar-refractivity contribution is 7.90. The lowest BCUT2D eigenvalue weighted by Gasteiger charge is -2.14. The van der Waals surface area contributed by atoms with Gasteiger partial charge < -0.3 is 4.74 Å². The Hall–Kier alpha value is -2.28.